The summed E-state index contributed by atoms with van der Waals surface area (Å²) in [5.41, 5.74) is 8.03. The lowest BCUT2D eigenvalue weighted by atomic mass is 10.0. The molecule has 2 aromatic heterocycles. The first-order valence-corrected chi connectivity index (χ1v) is 10.3. The number of aryl methyl sites for hydroxylation is 2. The quantitative estimate of drug-likeness (QED) is 0.360. The SMILES string of the molecule is Cc1cccc(C=Nc2ccc(Cc3ccc(N=Cc4cccc(C)n4)cc3)cc2)n1. The molecular weight excluding hydrogens is 380 g/mol. The number of rotatable bonds is 6. The number of hydrogen-bond acceptors (Lipinski definition) is 4. The van der Waals surface area contributed by atoms with Crippen LogP contribution in [0.25, 0.3) is 0 Å². The van der Waals surface area contributed by atoms with Crippen molar-refractivity contribution in [3.63, 3.8) is 0 Å². The van der Waals surface area contributed by atoms with Gasteiger partial charge < -0.3 is 0 Å². The average molecular weight is 405 g/mol. The largest absolute Gasteiger partial charge is 0.255 e. The maximum atomic E-state index is 4.52. The highest BCUT2D eigenvalue weighted by Gasteiger charge is 1.99. The van der Waals surface area contributed by atoms with Crippen molar-refractivity contribution in [2.45, 2.75) is 20.3 Å². The normalized spacial score (nSPS) is 11.4. The van der Waals surface area contributed by atoms with Gasteiger partial charge in [-0.05, 0) is 79.9 Å². The van der Waals surface area contributed by atoms with Crippen molar-refractivity contribution in [2.75, 3.05) is 0 Å². The molecule has 31 heavy (non-hydrogen) atoms. The van der Waals surface area contributed by atoms with Crippen LogP contribution >= 0.6 is 0 Å². The number of nitrogens with zero attached hydrogens (tertiary/aromatic N) is 4. The molecule has 0 saturated carbocycles. The van der Waals surface area contributed by atoms with E-state index in [1.54, 1.807) is 12.4 Å². The standard InChI is InChI=1S/C27H24N4/c1-20-5-3-7-26(30-20)18-28-24-13-9-22(10-14-24)17-23-11-15-25(16-12-23)29-19-27-8-4-6-21(2)31-27/h3-16,18-19H,17H2,1-2H3. The van der Waals surface area contributed by atoms with Gasteiger partial charge in [0.05, 0.1) is 35.2 Å². The minimum Gasteiger partial charge on any atom is -0.255 e. The van der Waals surface area contributed by atoms with E-state index in [-0.39, 0.29) is 0 Å². The summed E-state index contributed by atoms with van der Waals surface area (Å²) in [7, 11) is 0. The summed E-state index contributed by atoms with van der Waals surface area (Å²) in [6.07, 6.45) is 4.47. The van der Waals surface area contributed by atoms with E-state index >= 15 is 0 Å². The van der Waals surface area contributed by atoms with E-state index in [4.69, 9.17) is 0 Å². The minimum atomic E-state index is 0.866. The molecule has 4 aromatic rings. The molecule has 0 N–H and O–H groups in total. The molecule has 0 aliphatic heterocycles. The predicted octanol–water partition coefficient (Wildman–Crippen LogP) is 6.19. The molecule has 0 aliphatic carbocycles. The van der Waals surface area contributed by atoms with Gasteiger partial charge in [0.15, 0.2) is 0 Å². The fraction of sp³-hybridized carbons (Fsp3) is 0.111. The van der Waals surface area contributed by atoms with Crippen LogP contribution < -0.4 is 0 Å². The Kier molecular flexibility index (Phi) is 6.38. The zero-order chi connectivity index (χ0) is 21.5. The highest BCUT2D eigenvalue weighted by molar-refractivity contribution is 5.80. The molecule has 0 spiro atoms. The molecule has 2 heterocycles. The maximum absolute atomic E-state index is 4.52. The average Bonchev–Trinajstić information content (AvgIpc) is 2.78. The molecule has 0 radical (unpaired) electrons. The Morgan fingerprint density at radius 1 is 0.581 bits per heavy atom. The zero-order valence-corrected chi connectivity index (χ0v) is 17.7. The van der Waals surface area contributed by atoms with Crippen LogP contribution in [0.1, 0.15) is 33.9 Å². The molecule has 0 saturated heterocycles. The molecule has 0 aliphatic rings. The van der Waals surface area contributed by atoms with Gasteiger partial charge >= 0.3 is 0 Å². The number of aliphatic imine (C=N–C) groups is 2. The van der Waals surface area contributed by atoms with Gasteiger partial charge in [0.2, 0.25) is 0 Å². The maximum Gasteiger partial charge on any atom is 0.0815 e. The van der Waals surface area contributed by atoms with Crippen molar-refractivity contribution < 1.29 is 0 Å². The molecular formula is C27H24N4. The smallest absolute Gasteiger partial charge is 0.0815 e. The van der Waals surface area contributed by atoms with Gasteiger partial charge in [0.25, 0.3) is 0 Å². The molecule has 4 heteroatoms. The summed E-state index contributed by atoms with van der Waals surface area (Å²) in [6, 6.07) is 28.5. The summed E-state index contributed by atoms with van der Waals surface area (Å²) in [6.45, 7) is 3.96. The zero-order valence-electron chi connectivity index (χ0n) is 17.7. The van der Waals surface area contributed by atoms with E-state index in [9.17, 15) is 0 Å². The van der Waals surface area contributed by atoms with Gasteiger partial charge in [-0.2, -0.15) is 0 Å². The fourth-order valence-corrected chi connectivity index (χ4v) is 3.19. The van der Waals surface area contributed by atoms with Gasteiger partial charge in [-0.15, -0.1) is 0 Å². The number of hydrogen-bond donors (Lipinski definition) is 0. The number of aromatic nitrogens is 2. The van der Waals surface area contributed by atoms with Crippen molar-refractivity contribution in [3.8, 4) is 0 Å². The van der Waals surface area contributed by atoms with Crippen molar-refractivity contribution in [2.24, 2.45) is 9.98 Å². The fourth-order valence-electron chi connectivity index (χ4n) is 3.19. The summed E-state index contributed by atoms with van der Waals surface area (Å²) < 4.78 is 0. The van der Waals surface area contributed by atoms with Crippen LogP contribution in [0.3, 0.4) is 0 Å². The van der Waals surface area contributed by atoms with Crippen LogP contribution in [0.2, 0.25) is 0 Å². The molecule has 0 fully saturated rings. The van der Waals surface area contributed by atoms with E-state index in [0.717, 1.165) is 40.6 Å². The lowest BCUT2D eigenvalue weighted by Crippen LogP contribution is -1.89. The van der Waals surface area contributed by atoms with Gasteiger partial charge in [-0.1, -0.05) is 36.4 Å². The third-order valence-corrected chi connectivity index (χ3v) is 4.79. The topological polar surface area (TPSA) is 50.5 Å². The van der Waals surface area contributed by atoms with Crippen LogP contribution in [-0.4, -0.2) is 22.4 Å². The molecule has 0 bridgehead atoms. The summed E-state index contributed by atoms with van der Waals surface area (Å²) in [5, 5.41) is 0. The first-order valence-electron chi connectivity index (χ1n) is 10.3. The Hall–Kier alpha value is -3.92. The second kappa shape index (κ2) is 9.72. The van der Waals surface area contributed by atoms with Crippen molar-refractivity contribution in [1.29, 1.82) is 0 Å². The predicted molar refractivity (Wildman–Crippen MR) is 128 cm³/mol. The first kappa shape index (κ1) is 20.4. The van der Waals surface area contributed by atoms with Crippen LogP contribution in [-0.2, 0) is 6.42 Å². The lowest BCUT2D eigenvalue weighted by molar-refractivity contribution is 1.18. The third kappa shape index (κ3) is 6.03. The van der Waals surface area contributed by atoms with Crippen LogP contribution in [0.5, 0.6) is 0 Å². The van der Waals surface area contributed by atoms with E-state index in [2.05, 4.69) is 44.2 Å². The third-order valence-electron chi connectivity index (χ3n) is 4.79. The highest BCUT2D eigenvalue weighted by atomic mass is 14.8. The molecule has 4 nitrogen and oxygen atoms in total. The number of benzene rings is 2. The molecule has 0 unspecified atom stereocenters. The molecule has 0 atom stereocenters. The van der Waals surface area contributed by atoms with Crippen molar-refractivity contribution >= 4 is 23.8 Å². The Bertz CT molecular complexity index is 1110. The van der Waals surface area contributed by atoms with E-state index in [0.29, 0.717) is 0 Å². The van der Waals surface area contributed by atoms with E-state index in [1.165, 1.54) is 11.1 Å². The van der Waals surface area contributed by atoms with Crippen LogP contribution in [0.15, 0.2) is 94.9 Å². The van der Waals surface area contributed by atoms with Gasteiger partial charge in [-0.3, -0.25) is 20.0 Å². The highest BCUT2D eigenvalue weighted by Crippen LogP contribution is 2.18. The van der Waals surface area contributed by atoms with Gasteiger partial charge in [0, 0.05) is 11.4 Å². The summed E-state index contributed by atoms with van der Waals surface area (Å²) >= 11 is 0. The second-order valence-electron chi connectivity index (χ2n) is 7.43. The van der Waals surface area contributed by atoms with Gasteiger partial charge in [-0.25, -0.2) is 0 Å². The van der Waals surface area contributed by atoms with E-state index < -0.39 is 0 Å². The lowest BCUT2D eigenvalue weighted by Gasteiger charge is -2.03. The Balaban J connectivity index is 1.37. The van der Waals surface area contributed by atoms with Crippen molar-refractivity contribution in [1.82, 2.24) is 9.97 Å². The van der Waals surface area contributed by atoms with E-state index in [1.807, 2.05) is 74.5 Å². The Morgan fingerprint density at radius 2 is 1.00 bits per heavy atom. The summed E-state index contributed by atoms with van der Waals surface area (Å²) in [5.74, 6) is 0. The Morgan fingerprint density at radius 3 is 1.39 bits per heavy atom. The first-order chi connectivity index (χ1) is 15.1. The molecule has 152 valence electrons. The molecule has 0 amide bonds. The molecule has 2 aromatic carbocycles. The Labute approximate surface area is 183 Å². The molecule has 4 rings (SSSR count). The minimum absolute atomic E-state index is 0.866. The van der Waals surface area contributed by atoms with Crippen LogP contribution in [0.4, 0.5) is 11.4 Å². The second-order valence-corrected chi connectivity index (χ2v) is 7.43. The number of pyridine rings is 2. The van der Waals surface area contributed by atoms with Gasteiger partial charge in [0.1, 0.15) is 0 Å². The van der Waals surface area contributed by atoms with Crippen molar-refractivity contribution in [3.05, 3.63) is 119 Å². The summed E-state index contributed by atoms with van der Waals surface area (Å²) in [4.78, 5) is 17.9. The van der Waals surface area contributed by atoms with Crippen LogP contribution in [0, 0.1) is 13.8 Å². The monoisotopic (exact) mass is 404 g/mol.